The number of rotatable bonds is 5. The van der Waals surface area contributed by atoms with Crippen molar-refractivity contribution in [1.82, 2.24) is 0 Å². The average molecular weight is 267 g/mol. The van der Waals surface area contributed by atoms with Gasteiger partial charge in [0.15, 0.2) is 0 Å². The van der Waals surface area contributed by atoms with E-state index in [9.17, 15) is 9.59 Å². The van der Waals surface area contributed by atoms with Crippen LogP contribution in [0.4, 0.5) is 0 Å². The summed E-state index contributed by atoms with van der Waals surface area (Å²) in [5.41, 5.74) is 0. The highest BCUT2D eigenvalue weighted by Crippen LogP contribution is 2.25. The Kier molecular flexibility index (Phi) is 5.76. The van der Waals surface area contributed by atoms with E-state index < -0.39 is 16.3 Å². The lowest BCUT2D eigenvalue weighted by molar-refractivity contribution is -0.157. The maximum Gasteiger partial charge on any atom is 0.334 e. The van der Waals surface area contributed by atoms with Crippen molar-refractivity contribution in [2.24, 2.45) is 0 Å². The molecule has 0 spiro atoms. The second-order valence-electron chi connectivity index (χ2n) is 2.78. The van der Waals surface area contributed by atoms with Gasteiger partial charge in [-0.15, -0.1) is 0 Å². The molecule has 0 aliphatic carbocycles. The van der Waals surface area contributed by atoms with Crippen molar-refractivity contribution < 1.29 is 19.1 Å². The fraction of sp³-hybridized carbons (Fsp3) is 0.778. The highest BCUT2D eigenvalue weighted by atomic mass is 79.9. The van der Waals surface area contributed by atoms with Gasteiger partial charge >= 0.3 is 11.9 Å². The van der Waals surface area contributed by atoms with Crippen LogP contribution >= 0.6 is 15.9 Å². The summed E-state index contributed by atoms with van der Waals surface area (Å²) in [4.78, 5) is 22.8. The second kappa shape index (κ2) is 6.01. The summed E-state index contributed by atoms with van der Waals surface area (Å²) < 4.78 is 8.05. The van der Waals surface area contributed by atoms with Gasteiger partial charge < -0.3 is 9.47 Å². The van der Waals surface area contributed by atoms with Crippen molar-refractivity contribution in [2.45, 2.75) is 31.0 Å². The Bertz CT molecular complexity index is 217. The molecule has 4 nitrogen and oxygen atoms in total. The van der Waals surface area contributed by atoms with Gasteiger partial charge in [-0.25, -0.2) is 9.59 Å². The first kappa shape index (κ1) is 13.4. The predicted octanol–water partition coefficient (Wildman–Crippen LogP) is 1.66. The van der Waals surface area contributed by atoms with Crippen LogP contribution in [0.15, 0.2) is 0 Å². The summed E-state index contributed by atoms with van der Waals surface area (Å²) in [5.74, 6) is -1.21. The van der Waals surface area contributed by atoms with Crippen molar-refractivity contribution in [3.05, 3.63) is 0 Å². The maximum absolute atomic E-state index is 11.5. The van der Waals surface area contributed by atoms with Crippen molar-refractivity contribution in [3.63, 3.8) is 0 Å². The molecule has 0 saturated carbocycles. The molecule has 0 aliphatic heterocycles. The molecule has 0 saturated heterocycles. The highest BCUT2D eigenvalue weighted by molar-refractivity contribution is 9.10. The fourth-order valence-corrected chi connectivity index (χ4v) is 1.12. The SMILES string of the molecule is CCCOC(=O)C(Br)(CC)C(=O)OC. The van der Waals surface area contributed by atoms with Gasteiger partial charge in [0.05, 0.1) is 13.7 Å². The minimum absolute atomic E-state index is 0.294. The molecule has 0 radical (unpaired) electrons. The van der Waals surface area contributed by atoms with Gasteiger partial charge in [0.2, 0.25) is 4.32 Å². The standard InChI is InChI=1S/C9H15BrO4/c1-4-6-14-8(12)9(10,5-2)7(11)13-3/h4-6H2,1-3H3. The van der Waals surface area contributed by atoms with Crippen LogP contribution in [0.1, 0.15) is 26.7 Å². The van der Waals surface area contributed by atoms with Crippen molar-refractivity contribution in [2.75, 3.05) is 13.7 Å². The van der Waals surface area contributed by atoms with Gasteiger partial charge in [0.1, 0.15) is 0 Å². The van der Waals surface area contributed by atoms with Crippen molar-refractivity contribution >= 4 is 27.9 Å². The molecule has 0 aromatic carbocycles. The monoisotopic (exact) mass is 266 g/mol. The smallest absolute Gasteiger partial charge is 0.334 e. The van der Waals surface area contributed by atoms with Crippen LogP contribution < -0.4 is 0 Å². The van der Waals surface area contributed by atoms with E-state index in [2.05, 4.69) is 20.7 Å². The van der Waals surface area contributed by atoms with E-state index in [-0.39, 0.29) is 0 Å². The lowest BCUT2D eigenvalue weighted by Crippen LogP contribution is -2.42. The van der Waals surface area contributed by atoms with E-state index >= 15 is 0 Å². The van der Waals surface area contributed by atoms with Crippen LogP contribution in [0.5, 0.6) is 0 Å². The molecule has 14 heavy (non-hydrogen) atoms. The first-order valence-electron chi connectivity index (χ1n) is 4.47. The molecule has 82 valence electrons. The first-order chi connectivity index (χ1) is 6.52. The molecule has 0 N–H and O–H groups in total. The zero-order valence-electron chi connectivity index (χ0n) is 8.63. The Morgan fingerprint density at radius 3 is 2.21 bits per heavy atom. The average Bonchev–Trinajstić information content (AvgIpc) is 2.23. The minimum Gasteiger partial charge on any atom is -0.468 e. The molecular weight excluding hydrogens is 252 g/mol. The lowest BCUT2D eigenvalue weighted by Gasteiger charge is -2.20. The molecule has 5 heteroatoms. The zero-order chi connectivity index (χ0) is 11.2. The number of carbonyl (C=O) groups is 2. The summed E-state index contributed by atoms with van der Waals surface area (Å²) in [6, 6.07) is 0. The number of hydrogen-bond donors (Lipinski definition) is 0. The molecule has 0 aromatic heterocycles. The van der Waals surface area contributed by atoms with E-state index in [1.165, 1.54) is 7.11 Å². The number of hydrogen-bond acceptors (Lipinski definition) is 4. The summed E-state index contributed by atoms with van der Waals surface area (Å²) in [7, 11) is 1.24. The molecule has 0 fully saturated rings. The van der Waals surface area contributed by atoms with Crippen LogP contribution in [0.25, 0.3) is 0 Å². The summed E-state index contributed by atoms with van der Waals surface area (Å²) >= 11 is 3.06. The molecule has 0 heterocycles. The molecule has 1 atom stereocenters. The Hall–Kier alpha value is -0.580. The molecule has 0 amide bonds. The maximum atomic E-state index is 11.5. The van der Waals surface area contributed by atoms with Crippen LogP contribution in [0.2, 0.25) is 0 Å². The Morgan fingerprint density at radius 2 is 1.86 bits per heavy atom. The quantitative estimate of drug-likeness (QED) is 0.432. The summed E-state index contributed by atoms with van der Waals surface area (Å²) in [6.45, 7) is 3.90. The largest absolute Gasteiger partial charge is 0.468 e. The van der Waals surface area contributed by atoms with E-state index in [1.807, 2.05) is 6.92 Å². The first-order valence-corrected chi connectivity index (χ1v) is 5.26. The van der Waals surface area contributed by atoms with Crippen LogP contribution in [-0.4, -0.2) is 30.0 Å². The van der Waals surface area contributed by atoms with Crippen molar-refractivity contribution in [3.8, 4) is 0 Å². The zero-order valence-corrected chi connectivity index (χ0v) is 10.2. The predicted molar refractivity (Wildman–Crippen MR) is 55.2 cm³/mol. The molecule has 1 unspecified atom stereocenters. The fourth-order valence-electron chi connectivity index (χ4n) is 0.843. The van der Waals surface area contributed by atoms with Crippen molar-refractivity contribution in [1.29, 1.82) is 0 Å². The Balaban J connectivity index is 4.51. The molecule has 0 bridgehead atoms. The van der Waals surface area contributed by atoms with Crippen LogP contribution in [0, 0.1) is 0 Å². The van der Waals surface area contributed by atoms with Gasteiger partial charge in [0.25, 0.3) is 0 Å². The summed E-state index contributed by atoms with van der Waals surface area (Å²) in [6.07, 6.45) is 1.02. The third-order valence-electron chi connectivity index (χ3n) is 1.76. The molecule has 0 aliphatic rings. The number of methoxy groups -OCH3 is 1. The van der Waals surface area contributed by atoms with E-state index in [0.717, 1.165) is 6.42 Å². The van der Waals surface area contributed by atoms with Gasteiger partial charge in [-0.2, -0.15) is 0 Å². The topological polar surface area (TPSA) is 52.6 Å². The highest BCUT2D eigenvalue weighted by Gasteiger charge is 2.44. The van der Waals surface area contributed by atoms with E-state index in [1.54, 1.807) is 6.92 Å². The number of ether oxygens (including phenoxy) is 2. The Morgan fingerprint density at radius 1 is 1.29 bits per heavy atom. The molecular formula is C9H15BrO4. The molecule has 0 aromatic rings. The van der Waals surface area contributed by atoms with E-state index in [0.29, 0.717) is 13.0 Å². The second-order valence-corrected chi connectivity index (χ2v) is 4.14. The number of alkyl halides is 1. The third kappa shape index (κ3) is 2.97. The van der Waals surface area contributed by atoms with Gasteiger partial charge in [-0.1, -0.05) is 29.8 Å². The summed E-state index contributed by atoms with van der Waals surface area (Å²) in [5, 5.41) is 0. The number of carbonyl (C=O) groups excluding carboxylic acids is 2. The van der Waals surface area contributed by atoms with Gasteiger partial charge in [-0.3, -0.25) is 0 Å². The number of halogens is 1. The normalized spacial score (nSPS) is 14.3. The molecule has 0 rings (SSSR count). The van der Waals surface area contributed by atoms with Gasteiger partial charge in [0, 0.05) is 0 Å². The van der Waals surface area contributed by atoms with Gasteiger partial charge in [-0.05, 0) is 12.8 Å². The lowest BCUT2D eigenvalue weighted by atomic mass is 10.1. The Labute approximate surface area is 92.1 Å². The van der Waals surface area contributed by atoms with Crippen LogP contribution in [-0.2, 0) is 19.1 Å². The van der Waals surface area contributed by atoms with Crippen LogP contribution in [0.3, 0.4) is 0 Å². The van der Waals surface area contributed by atoms with E-state index in [4.69, 9.17) is 4.74 Å². The third-order valence-corrected chi connectivity index (χ3v) is 2.97. The minimum atomic E-state index is -1.35. The number of esters is 2.